The van der Waals surface area contributed by atoms with Crippen molar-refractivity contribution in [2.24, 2.45) is 0 Å². The molecule has 0 bridgehead atoms. The summed E-state index contributed by atoms with van der Waals surface area (Å²) in [5, 5.41) is 23.3. The minimum atomic E-state index is -0.844. The Kier molecular flexibility index (Phi) is 78.3. The van der Waals surface area contributed by atoms with E-state index in [1.165, 1.54) is 379 Å². The van der Waals surface area contributed by atoms with Crippen molar-refractivity contribution in [2.75, 3.05) is 13.2 Å². The molecule has 6 heteroatoms. The van der Waals surface area contributed by atoms with E-state index >= 15 is 0 Å². The molecule has 0 aliphatic rings. The van der Waals surface area contributed by atoms with Crippen LogP contribution in [0, 0.1) is 0 Å². The summed E-state index contributed by atoms with van der Waals surface area (Å²) in [5.74, 6) is -0.0453. The Bertz CT molecular complexity index is 1520. The zero-order chi connectivity index (χ0) is 65.6. The summed E-state index contributed by atoms with van der Waals surface area (Å²) in [5.41, 5.74) is 0. The maximum atomic E-state index is 12.5. The molecule has 0 aromatic rings. The Labute approximate surface area is 569 Å². The van der Waals surface area contributed by atoms with E-state index in [1.807, 2.05) is 6.08 Å². The highest BCUT2D eigenvalue weighted by Gasteiger charge is 2.18. The molecule has 2 atom stereocenters. The van der Waals surface area contributed by atoms with Crippen molar-refractivity contribution >= 4 is 11.9 Å². The zero-order valence-electron chi connectivity index (χ0n) is 61.6. The number of rotatable bonds is 78. The molecule has 6 nitrogen and oxygen atoms in total. The molecule has 0 aliphatic heterocycles. The number of nitrogens with one attached hydrogen (secondary N) is 1. The Morgan fingerprint density at radius 3 is 0.846 bits per heavy atom. The molecule has 0 fully saturated rings. The van der Waals surface area contributed by atoms with Gasteiger partial charge in [-0.3, -0.25) is 9.59 Å². The van der Waals surface area contributed by atoms with Crippen LogP contribution in [0.5, 0.6) is 0 Å². The second-order valence-electron chi connectivity index (χ2n) is 28.4. The average molecular weight is 1280 g/mol. The van der Waals surface area contributed by atoms with Crippen molar-refractivity contribution < 1.29 is 24.5 Å². The lowest BCUT2D eigenvalue weighted by Gasteiger charge is -2.20. The summed E-state index contributed by atoms with van der Waals surface area (Å²) in [6.07, 6.45) is 107. The van der Waals surface area contributed by atoms with E-state index in [0.29, 0.717) is 19.4 Å². The van der Waals surface area contributed by atoms with E-state index in [-0.39, 0.29) is 18.5 Å². The van der Waals surface area contributed by atoms with Gasteiger partial charge >= 0.3 is 5.97 Å². The third-order valence-electron chi connectivity index (χ3n) is 19.3. The van der Waals surface area contributed by atoms with Crippen molar-refractivity contribution in [3.05, 3.63) is 48.6 Å². The van der Waals surface area contributed by atoms with Crippen LogP contribution in [0.3, 0.4) is 0 Å². The number of ether oxygens (including phenoxy) is 1. The third kappa shape index (κ3) is 76.7. The monoisotopic (exact) mass is 1280 g/mol. The van der Waals surface area contributed by atoms with E-state index < -0.39 is 12.1 Å². The number of carbonyl (C=O) groups excluding carboxylic acids is 2. The first kappa shape index (κ1) is 88.8. The van der Waals surface area contributed by atoms with E-state index in [9.17, 15) is 19.8 Å². The SMILES string of the molecule is CCCCCCCC/C=C\CCCCCCCCCC(=O)OCCCCCCCCCCCCCCC/C=C\C/C=C\CCCCCCCCCCCCCCCCCCCC(=O)NC(CO)C(O)/C=C/CCCCCCCCCCCCCCCCCCCC. The number of allylic oxidation sites excluding steroid dienone is 7. The van der Waals surface area contributed by atoms with Crippen LogP contribution < -0.4 is 5.32 Å². The predicted molar refractivity (Wildman–Crippen MR) is 402 cm³/mol. The standard InChI is InChI=1S/C85H161NO5/c1-3-5-7-9-11-13-15-17-19-21-22-42-46-49-53-57-61-65-69-73-77-83(88)82(81-87)86-84(89)78-74-70-66-62-58-54-50-47-43-40-38-36-34-32-30-28-26-24-23-25-27-29-31-33-35-37-39-41-44-48-52-56-60-64-68-72-76-80-91-85(90)79-75-71-67-63-59-55-51-45-20-18-16-14-12-10-8-6-4-2/h18,20,23,25,29,31,73,77,82-83,87-88H,3-17,19,21-22,24,26-28,30,32-72,74-76,78-81H2,1-2H3,(H,86,89)/b20-18-,25-23-,31-29-,77-73+. The van der Waals surface area contributed by atoms with Crippen LogP contribution in [0.15, 0.2) is 48.6 Å². The fraction of sp³-hybridized carbons (Fsp3) is 0.882. The molecule has 0 radical (unpaired) electrons. The van der Waals surface area contributed by atoms with E-state index in [0.717, 1.165) is 51.4 Å². The second-order valence-corrected chi connectivity index (χ2v) is 28.4. The van der Waals surface area contributed by atoms with Gasteiger partial charge in [0.1, 0.15) is 0 Å². The molecule has 0 aliphatic carbocycles. The van der Waals surface area contributed by atoms with Crippen molar-refractivity contribution in [1.29, 1.82) is 0 Å². The number of aliphatic hydroxyl groups excluding tert-OH is 2. The highest BCUT2D eigenvalue weighted by molar-refractivity contribution is 5.76. The molecule has 1 amide bonds. The maximum Gasteiger partial charge on any atom is 0.305 e. The van der Waals surface area contributed by atoms with Gasteiger partial charge in [-0.05, 0) is 89.9 Å². The molecule has 0 aromatic heterocycles. The fourth-order valence-electron chi connectivity index (χ4n) is 13.0. The lowest BCUT2D eigenvalue weighted by Crippen LogP contribution is -2.45. The largest absolute Gasteiger partial charge is 0.466 e. The highest BCUT2D eigenvalue weighted by Crippen LogP contribution is 2.20. The minimum absolute atomic E-state index is 0.0158. The Morgan fingerprint density at radius 1 is 0.308 bits per heavy atom. The van der Waals surface area contributed by atoms with E-state index in [4.69, 9.17) is 4.74 Å². The van der Waals surface area contributed by atoms with Crippen molar-refractivity contribution in [2.45, 2.75) is 469 Å². The van der Waals surface area contributed by atoms with Crippen LogP contribution in [-0.4, -0.2) is 47.4 Å². The molecule has 0 heterocycles. The summed E-state index contributed by atoms with van der Waals surface area (Å²) in [6.45, 7) is 4.94. The van der Waals surface area contributed by atoms with Gasteiger partial charge in [0.15, 0.2) is 0 Å². The van der Waals surface area contributed by atoms with Gasteiger partial charge in [-0.15, -0.1) is 0 Å². The second kappa shape index (κ2) is 80.3. The summed E-state index contributed by atoms with van der Waals surface area (Å²) >= 11 is 0. The Hall–Kier alpha value is -2.18. The topological polar surface area (TPSA) is 95.9 Å². The molecule has 2 unspecified atom stereocenters. The highest BCUT2D eigenvalue weighted by atomic mass is 16.5. The molecule has 3 N–H and O–H groups in total. The number of aliphatic hydroxyl groups is 2. The number of hydrogen-bond acceptors (Lipinski definition) is 5. The van der Waals surface area contributed by atoms with E-state index in [1.54, 1.807) is 6.08 Å². The summed E-state index contributed by atoms with van der Waals surface area (Å²) in [7, 11) is 0. The van der Waals surface area contributed by atoms with Crippen molar-refractivity contribution in [3.8, 4) is 0 Å². The lowest BCUT2D eigenvalue weighted by molar-refractivity contribution is -0.143. The first-order valence-corrected chi connectivity index (χ1v) is 41.4. The van der Waals surface area contributed by atoms with Crippen molar-refractivity contribution in [1.82, 2.24) is 5.32 Å². The van der Waals surface area contributed by atoms with Gasteiger partial charge in [0, 0.05) is 12.8 Å². The van der Waals surface area contributed by atoms with Crippen molar-refractivity contribution in [3.63, 3.8) is 0 Å². The molecular formula is C85H161NO5. The first-order chi connectivity index (χ1) is 45.0. The third-order valence-corrected chi connectivity index (χ3v) is 19.3. The normalized spacial score (nSPS) is 12.7. The van der Waals surface area contributed by atoms with Crippen LogP contribution in [0.2, 0.25) is 0 Å². The molecule has 0 saturated carbocycles. The Balaban J connectivity index is 3.38. The minimum Gasteiger partial charge on any atom is -0.466 e. The fourth-order valence-corrected chi connectivity index (χ4v) is 13.0. The van der Waals surface area contributed by atoms with Crippen LogP contribution in [0.4, 0.5) is 0 Å². The maximum absolute atomic E-state index is 12.5. The number of amides is 1. The molecule has 536 valence electrons. The molecule has 0 spiro atoms. The summed E-state index contributed by atoms with van der Waals surface area (Å²) in [6, 6.07) is -0.627. The molecule has 0 rings (SSSR count). The summed E-state index contributed by atoms with van der Waals surface area (Å²) in [4.78, 5) is 24.7. The molecular weight excluding hydrogens is 1110 g/mol. The lowest BCUT2D eigenvalue weighted by atomic mass is 10.0. The van der Waals surface area contributed by atoms with Gasteiger partial charge in [0.05, 0.1) is 25.4 Å². The number of hydrogen-bond donors (Lipinski definition) is 3. The van der Waals surface area contributed by atoms with Gasteiger partial charge in [0.25, 0.3) is 0 Å². The smallest absolute Gasteiger partial charge is 0.305 e. The number of unbranched alkanes of at least 4 members (excludes halogenated alkanes) is 61. The predicted octanol–water partition coefficient (Wildman–Crippen LogP) is 27.5. The van der Waals surface area contributed by atoms with Crippen LogP contribution in [0.1, 0.15) is 457 Å². The van der Waals surface area contributed by atoms with Crippen LogP contribution >= 0.6 is 0 Å². The number of esters is 1. The quantitative estimate of drug-likeness (QED) is 0.0320. The Morgan fingerprint density at radius 2 is 0.549 bits per heavy atom. The first-order valence-electron chi connectivity index (χ1n) is 41.4. The van der Waals surface area contributed by atoms with Gasteiger partial charge in [-0.1, -0.05) is 403 Å². The van der Waals surface area contributed by atoms with Crippen LogP contribution in [0.25, 0.3) is 0 Å². The van der Waals surface area contributed by atoms with Gasteiger partial charge in [0.2, 0.25) is 5.91 Å². The average Bonchev–Trinajstić information content (AvgIpc) is 3.65. The van der Waals surface area contributed by atoms with Gasteiger partial charge in [-0.2, -0.15) is 0 Å². The van der Waals surface area contributed by atoms with Crippen LogP contribution in [-0.2, 0) is 14.3 Å². The molecule has 0 aromatic carbocycles. The number of carbonyl (C=O) groups is 2. The zero-order valence-corrected chi connectivity index (χ0v) is 61.6. The molecule has 91 heavy (non-hydrogen) atoms. The molecule has 0 saturated heterocycles. The van der Waals surface area contributed by atoms with E-state index in [2.05, 4.69) is 55.6 Å². The summed E-state index contributed by atoms with van der Waals surface area (Å²) < 4.78 is 5.51. The van der Waals surface area contributed by atoms with Gasteiger partial charge in [-0.25, -0.2) is 0 Å². The van der Waals surface area contributed by atoms with Gasteiger partial charge < -0.3 is 20.3 Å².